The molecule has 1 heterocycles. The first-order valence-corrected chi connectivity index (χ1v) is 5.53. The number of carbonyl (C=O) groups excluding carboxylic acids is 1. The van der Waals surface area contributed by atoms with E-state index in [1.807, 2.05) is 52.1 Å². The van der Waals surface area contributed by atoms with Crippen LogP contribution in [0, 0.1) is 0 Å². The molecule has 0 aliphatic heterocycles. The van der Waals surface area contributed by atoms with E-state index in [0.29, 0.717) is 5.69 Å². The smallest absolute Gasteiger partial charge is 0.360 e. The van der Waals surface area contributed by atoms with Gasteiger partial charge in [0.25, 0.3) is 0 Å². The normalized spacial score (nSPS) is 11.8. The van der Waals surface area contributed by atoms with Gasteiger partial charge in [-0.2, -0.15) is 5.10 Å². The van der Waals surface area contributed by atoms with Gasteiger partial charge in [-0.15, -0.1) is 0 Å². The molecule has 4 heteroatoms. The lowest BCUT2D eigenvalue weighted by Crippen LogP contribution is -2.24. The second-order valence-electron chi connectivity index (χ2n) is 4.99. The molecule has 0 amide bonds. The number of ether oxygens (including phenoxy) is 1. The monoisotopic (exact) mass is 232 g/mol. The Bertz CT molecular complexity index is 564. The topological polar surface area (TPSA) is 44.1 Å². The molecule has 0 unspecified atom stereocenters. The predicted molar refractivity (Wildman–Crippen MR) is 65.9 cm³/mol. The number of hydrogen-bond donors (Lipinski definition) is 0. The number of aryl methyl sites for hydroxylation is 1. The van der Waals surface area contributed by atoms with Crippen molar-refractivity contribution >= 4 is 16.9 Å². The molecule has 0 fully saturated rings. The van der Waals surface area contributed by atoms with E-state index in [9.17, 15) is 4.79 Å². The third kappa shape index (κ3) is 2.30. The Morgan fingerprint density at radius 1 is 1.29 bits per heavy atom. The maximum atomic E-state index is 12.0. The van der Waals surface area contributed by atoms with Crippen molar-refractivity contribution in [2.24, 2.45) is 7.05 Å². The molecule has 2 rings (SSSR count). The van der Waals surface area contributed by atoms with Crippen LogP contribution in [0.2, 0.25) is 0 Å². The Morgan fingerprint density at radius 2 is 1.94 bits per heavy atom. The quantitative estimate of drug-likeness (QED) is 0.710. The average molecular weight is 232 g/mol. The van der Waals surface area contributed by atoms with Crippen LogP contribution < -0.4 is 0 Å². The van der Waals surface area contributed by atoms with Gasteiger partial charge in [-0.05, 0) is 26.8 Å². The molecule has 0 saturated heterocycles. The first kappa shape index (κ1) is 11.6. The molecule has 4 nitrogen and oxygen atoms in total. The van der Waals surface area contributed by atoms with E-state index in [1.54, 1.807) is 4.68 Å². The van der Waals surface area contributed by atoms with Crippen molar-refractivity contribution in [3.05, 3.63) is 30.0 Å². The first-order chi connectivity index (χ1) is 7.88. The van der Waals surface area contributed by atoms with Gasteiger partial charge in [-0.25, -0.2) is 4.79 Å². The molecule has 90 valence electrons. The van der Waals surface area contributed by atoms with Crippen molar-refractivity contribution in [2.75, 3.05) is 0 Å². The van der Waals surface area contributed by atoms with E-state index < -0.39 is 5.60 Å². The number of aromatic nitrogens is 2. The Kier molecular flexibility index (Phi) is 2.65. The highest BCUT2D eigenvalue weighted by Crippen LogP contribution is 2.20. The number of hydrogen-bond acceptors (Lipinski definition) is 3. The largest absolute Gasteiger partial charge is 0.455 e. The SMILES string of the molecule is Cn1nc(C(=O)OC(C)(C)C)c2ccccc21. The molecule has 0 spiro atoms. The maximum absolute atomic E-state index is 12.0. The van der Waals surface area contributed by atoms with Gasteiger partial charge in [-0.3, -0.25) is 4.68 Å². The number of rotatable bonds is 1. The highest BCUT2D eigenvalue weighted by atomic mass is 16.6. The summed E-state index contributed by atoms with van der Waals surface area (Å²) in [6.07, 6.45) is 0. The van der Waals surface area contributed by atoms with E-state index in [1.165, 1.54) is 0 Å². The summed E-state index contributed by atoms with van der Waals surface area (Å²) in [5.41, 5.74) is 0.793. The standard InChI is InChI=1S/C13H16N2O2/c1-13(2,3)17-12(16)11-9-7-5-6-8-10(9)15(4)14-11/h5-8H,1-4H3. The number of para-hydroxylation sites is 1. The zero-order chi connectivity index (χ0) is 12.6. The van der Waals surface area contributed by atoms with Crippen molar-refractivity contribution in [3.8, 4) is 0 Å². The van der Waals surface area contributed by atoms with E-state index in [-0.39, 0.29) is 5.97 Å². The number of carbonyl (C=O) groups is 1. The molecule has 2 aromatic rings. The molecule has 0 aliphatic carbocycles. The molecular formula is C13H16N2O2. The summed E-state index contributed by atoms with van der Waals surface area (Å²) in [5.74, 6) is -0.380. The second-order valence-corrected chi connectivity index (χ2v) is 4.99. The molecule has 0 saturated carbocycles. The van der Waals surface area contributed by atoms with Crippen molar-refractivity contribution in [3.63, 3.8) is 0 Å². The predicted octanol–water partition coefficient (Wildman–Crippen LogP) is 2.53. The lowest BCUT2D eigenvalue weighted by molar-refractivity contribution is 0.00643. The Hall–Kier alpha value is -1.84. The van der Waals surface area contributed by atoms with Crippen LogP contribution in [0.1, 0.15) is 31.3 Å². The fraction of sp³-hybridized carbons (Fsp3) is 0.385. The summed E-state index contributed by atoms with van der Waals surface area (Å²) in [6.45, 7) is 5.53. The van der Waals surface area contributed by atoms with Crippen LogP contribution in [0.25, 0.3) is 10.9 Å². The highest BCUT2D eigenvalue weighted by Gasteiger charge is 2.22. The molecule has 1 aromatic carbocycles. The van der Waals surface area contributed by atoms with Gasteiger partial charge in [0.05, 0.1) is 5.52 Å². The first-order valence-electron chi connectivity index (χ1n) is 5.53. The molecule has 1 aromatic heterocycles. The van der Waals surface area contributed by atoms with Gasteiger partial charge in [0.1, 0.15) is 5.60 Å². The van der Waals surface area contributed by atoms with Crippen molar-refractivity contribution < 1.29 is 9.53 Å². The van der Waals surface area contributed by atoms with Gasteiger partial charge in [0, 0.05) is 12.4 Å². The van der Waals surface area contributed by atoms with Gasteiger partial charge in [0.15, 0.2) is 5.69 Å². The van der Waals surface area contributed by atoms with Crippen LogP contribution in [0.5, 0.6) is 0 Å². The lowest BCUT2D eigenvalue weighted by Gasteiger charge is -2.18. The summed E-state index contributed by atoms with van der Waals surface area (Å²) in [4.78, 5) is 12.0. The maximum Gasteiger partial charge on any atom is 0.360 e. The average Bonchev–Trinajstić information content (AvgIpc) is 2.55. The van der Waals surface area contributed by atoms with Gasteiger partial charge in [-0.1, -0.05) is 18.2 Å². The van der Waals surface area contributed by atoms with Crippen LogP contribution in [0.4, 0.5) is 0 Å². The van der Waals surface area contributed by atoms with Gasteiger partial charge in [0.2, 0.25) is 0 Å². The summed E-state index contributed by atoms with van der Waals surface area (Å²) < 4.78 is 7.02. The van der Waals surface area contributed by atoms with Crippen molar-refractivity contribution in [1.82, 2.24) is 9.78 Å². The molecule has 0 aliphatic rings. The molecule has 0 atom stereocenters. The van der Waals surface area contributed by atoms with Gasteiger partial charge < -0.3 is 4.74 Å². The van der Waals surface area contributed by atoms with E-state index in [2.05, 4.69) is 5.10 Å². The van der Waals surface area contributed by atoms with Crippen LogP contribution >= 0.6 is 0 Å². The molecule has 17 heavy (non-hydrogen) atoms. The van der Waals surface area contributed by atoms with E-state index in [4.69, 9.17) is 4.74 Å². The Morgan fingerprint density at radius 3 is 2.59 bits per heavy atom. The van der Waals surface area contributed by atoms with E-state index in [0.717, 1.165) is 10.9 Å². The molecule has 0 N–H and O–H groups in total. The Balaban J connectivity index is 2.46. The number of esters is 1. The minimum absolute atomic E-state index is 0.373. The summed E-state index contributed by atoms with van der Waals surface area (Å²) in [5, 5.41) is 5.04. The zero-order valence-corrected chi connectivity index (χ0v) is 10.5. The van der Waals surface area contributed by atoms with Crippen LogP contribution in [0.15, 0.2) is 24.3 Å². The number of fused-ring (bicyclic) bond motifs is 1. The van der Waals surface area contributed by atoms with E-state index >= 15 is 0 Å². The van der Waals surface area contributed by atoms with Crippen molar-refractivity contribution in [2.45, 2.75) is 26.4 Å². The summed E-state index contributed by atoms with van der Waals surface area (Å²) >= 11 is 0. The zero-order valence-electron chi connectivity index (χ0n) is 10.5. The van der Waals surface area contributed by atoms with Crippen LogP contribution in [0.3, 0.4) is 0 Å². The lowest BCUT2D eigenvalue weighted by atomic mass is 10.2. The fourth-order valence-corrected chi connectivity index (χ4v) is 1.69. The highest BCUT2D eigenvalue weighted by molar-refractivity contribution is 6.02. The summed E-state index contributed by atoms with van der Waals surface area (Å²) in [6, 6.07) is 7.61. The minimum atomic E-state index is -0.504. The van der Waals surface area contributed by atoms with Crippen LogP contribution in [-0.2, 0) is 11.8 Å². The van der Waals surface area contributed by atoms with Crippen molar-refractivity contribution in [1.29, 1.82) is 0 Å². The molecule has 0 bridgehead atoms. The Labute approximate surface area is 100 Å². The third-order valence-corrected chi connectivity index (χ3v) is 2.35. The number of benzene rings is 1. The molecular weight excluding hydrogens is 216 g/mol. The second kappa shape index (κ2) is 3.87. The molecule has 0 radical (unpaired) electrons. The summed E-state index contributed by atoms with van der Waals surface area (Å²) in [7, 11) is 1.82. The fourth-order valence-electron chi connectivity index (χ4n) is 1.69. The minimum Gasteiger partial charge on any atom is -0.455 e. The third-order valence-electron chi connectivity index (χ3n) is 2.35. The van der Waals surface area contributed by atoms with Gasteiger partial charge >= 0.3 is 5.97 Å². The number of nitrogens with zero attached hydrogens (tertiary/aromatic N) is 2. The van der Waals surface area contributed by atoms with Crippen LogP contribution in [-0.4, -0.2) is 21.4 Å².